The lowest BCUT2D eigenvalue weighted by atomic mass is 10.2. The number of nitro groups is 1. The third-order valence-corrected chi connectivity index (χ3v) is 4.20. The average molecular weight is 409 g/mol. The molecule has 11 heteroatoms. The summed E-state index contributed by atoms with van der Waals surface area (Å²) < 4.78 is 0. The van der Waals surface area contributed by atoms with E-state index in [2.05, 4.69) is 25.9 Å². The first-order valence-corrected chi connectivity index (χ1v) is 8.92. The number of nitrogens with one attached hydrogen (secondary N) is 3. The Morgan fingerprint density at radius 3 is 2.57 bits per heavy atom. The first kappa shape index (κ1) is 20.5. The molecule has 0 spiro atoms. The van der Waals surface area contributed by atoms with E-state index >= 15 is 0 Å². The van der Waals surface area contributed by atoms with Gasteiger partial charge in [0.25, 0.3) is 11.6 Å². The smallest absolute Gasteiger partial charge is 0.292 e. The number of carbonyl (C=O) groups excluding carboxylic acids is 2. The molecule has 0 bridgehead atoms. The van der Waals surface area contributed by atoms with Crippen molar-refractivity contribution in [3.8, 4) is 0 Å². The maximum atomic E-state index is 12.2. The van der Waals surface area contributed by atoms with E-state index < -0.39 is 22.8 Å². The molecule has 0 fully saturated rings. The zero-order chi connectivity index (χ0) is 21.7. The number of nitrogens with two attached hydrogens (primary N) is 1. The fraction of sp³-hybridized carbons (Fsp3) is 0.158. The molecule has 0 saturated carbocycles. The van der Waals surface area contributed by atoms with E-state index in [0.29, 0.717) is 0 Å². The fourth-order valence-corrected chi connectivity index (χ4v) is 2.74. The number of carbonyl (C=O) groups is 2. The number of hydrogen-bond acceptors (Lipinski definition) is 6. The van der Waals surface area contributed by atoms with Crippen molar-refractivity contribution in [1.29, 1.82) is 0 Å². The minimum absolute atomic E-state index is 0.0216. The Kier molecular flexibility index (Phi) is 6.01. The molecule has 30 heavy (non-hydrogen) atoms. The van der Waals surface area contributed by atoms with E-state index in [4.69, 9.17) is 5.73 Å². The van der Waals surface area contributed by atoms with Crippen molar-refractivity contribution >= 4 is 40.8 Å². The van der Waals surface area contributed by atoms with Gasteiger partial charge in [0.15, 0.2) is 0 Å². The van der Waals surface area contributed by atoms with E-state index in [1.807, 2.05) is 31.2 Å². The normalized spacial score (nSPS) is 15.9. The number of para-hydroxylation sites is 3. The molecule has 1 heterocycles. The first-order valence-electron chi connectivity index (χ1n) is 8.92. The molecular weight excluding hydrogens is 390 g/mol. The fourth-order valence-electron chi connectivity index (χ4n) is 2.74. The maximum absolute atomic E-state index is 12.2. The molecule has 5 N–H and O–H groups in total. The highest BCUT2D eigenvalue weighted by Gasteiger charge is 2.29. The Balaban J connectivity index is 1.65. The predicted molar refractivity (Wildman–Crippen MR) is 112 cm³/mol. The molecule has 11 nitrogen and oxygen atoms in total. The Morgan fingerprint density at radius 2 is 1.87 bits per heavy atom. The zero-order valence-corrected chi connectivity index (χ0v) is 16.0. The topological polar surface area (TPSA) is 164 Å². The number of anilines is 2. The molecule has 3 rings (SSSR count). The Hall–Kier alpha value is -4.28. The number of nitro benzene ring substituents is 1. The summed E-state index contributed by atoms with van der Waals surface area (Å²) in [4.78, 5) is 42.9. The van der Waals surface area contributed by atoms with Crippen LogP contribution in [-0.4, -0.2) is 34.7 Å². The van der Waals surface area contributed by atoms with Crippen molar-refractivity contribution in [1.82, 2.24) is 5.32 Å². The molecule has 1 aliphatic heterocycles. The second-order valence-corrected chi connectivity index (χ2v) is 6.42. The summed E-state index contributed by atoms with van der Waals surface area (Å²) in [5.41, 5.74) is 7.36. The van der Waals surface area contributed by atoms with Crippen molar-refractivity contribution < 1.29 is 14.5 Å². The first-order chi connectivity index (χ1) is 14.3. The summed E-state index contributed by atoms with van der Waals surface area (Å²) in [7, 11) is 0. The number of benzene rings is 2. The molecule has 2 amide bonds. The van der Waals surface area contributed by atoms with Crippen LogP contribution in [0.25, 0.3) is 0 Å². The number of rotatable bonds is 5. The minimum Gasteiger partial charge on any atom is -0.369 e. The van der Waals surface area contributed by atoms with Gasteiger partial charge in [0.05, 0.1) is 11.3 Å². The van der Waals surface area contributed by atoms with Crippen molar-refractivity contribution in [2.24, 2.45) is 15.7 Å². The van der Waals surface area contributed by atoms with Gasteiger partial charge in [-0.15, -0.1) is 0 Å². The quantitative estimate of drug-likeness (QED) is 0.253. The highest BCUT2D eigenvalue weighted by atomic mass is 16.6. The molecule has 2 aromatic rings. The summed E-state index contributed by atoms with van der Waals surface area (Å²) in [6.45, 7) is 1.90. The van der Waals surface area contributed by atoms with Crippen LogP contribution in [0.2, 0.25) is 0 Å². The van der Waals surface area contributed by atoms with Crippen LogP contribution in [0.15, 0.2) is 58.5 Å². The highest BCUT2D eigenvalue weighted by Crippen LogP contribution is 2.23. The van der Waals surface area contributed by atoms with Gasteiger partial charge < -0.3 is 16.4 Å². The largest absolute Gasteiger partial charge is 0.369 e. The van der Waals surface area contributed by atoms with Gasteiger partial charge >= 0.3 is 0 Å². The molecule has 0 aliphatic carbocycles. The van der Waals surface area contributed by atoms with Gasteiger partial charge in [0.1, 0.15) is 11.7 Å². The monoisotopic (exact) mass is 409 g/mol. The van der Waals surface area contributed by atoms with Gasteiger partial charge in [-0.1, -0.05) is 30.3 Å². The van der Waals surface area contributed by atoms with Crippen LogP contribution in [0.4, 0.5) is 17.1 Å². The predicted octanol–water partition coefficient (Wildman–Crippen LogP) is 1.51. The number of guanidine groups is 2. The van der Waals surface area contributed by atoms with E-state index in [0.717, 1.165) is 11.3 Å². The van der Waals surface area contributed by atoms with Crippen LogP contribution in [0.5, 0.6) is 0 Å². The molecule has 1 atom stereocenters. The lowest BCUT2D eigenvalue weighted by Gasteiger charge is -2.07. The van der Waals surface area contributed by atoms with Crippen LogP contribution < -0.4 is 21.7 Å². The number of amides is 2. The van der Waals surface area contributed by atoms with Crippen LogP contribution in [0, 0.1) is 17.0 Å². The van der Waals surface area contributed by atoms with Gasteiger partial charge in [0.2, 0.25) is 17.8 Å². The number of nitrogens with zero attached hydrogens (tertiary/aromatic N) is 3. The molecule has 0 aromatic heterocycles. The summed E-state index contributed by atoms with van der Waals surface area (Å²) >= 11 is 0. The van der Waals surface area contributed by atoms with Crippen molar-refractivity contribution in [2.75, 3.05) is 10.6 Å². The molecule has 0 saturated heterocycles. The van der Waals surface area contributed by atoms with Crippen LogP contribution >= 0.6 is 0 Å². The zero-order valence-electron chi connectivity index (χ0n) is 16.0. The maximum Gasteiger partial charge on any atom is 0.292 e. The second kappa shape index (κ2) is 8.82. The molecule has 1 aliphatic rings. The van der Waals surface area contributed by atoms with Gasteiger partial charge in [0, 0.05) is 11.8 Å². The van der Waals surface area contributed by atoms with E-state index in [1.165, 1.54) is 18.2 Å². The lowest BCUT2D eigenvalue weighted by molar-refractivity contribution is -0.383. The molecule has 154 valence electrons. The summed E-state index contributed by atoms with van der Waals surface area (Å²) in [6.07, 6.45) is -0.304. The molecule has 0 radical (unpaired) electrons. The van der Waals surface area contributed by atoms with Crippen molar-refractivity contribution in [3.05, 3.63) is 64.2 Å². The summed E-state index contributed by atoms with van der Waals surface area (Å²) in [5, 5.41) is 18.8. The van der Waals surface area contributed by atoms with Crippen LogP contribution in [-0.2, 0) is 9.59 Å². The van der Waals surface area contributed by atoms with Gasteiger partial charge in [-0.2, -0.15) is 4.99 Å². The van der Waals surface area contributed by atoms with Crippen LogP contribution in [0.1, 0.15) is 12.0 Å². The molecule has 2 aromatic carbocycles. The van der Waals surface area contributed by atoms with E-state index in [9.17, 15) is 19.7 Å². The standard InChI is InChI=1S/C19H19N7O4/c1-11-6-2-3-7-12(11)22-18(20)25-19-23-14(17(28)24-19)10-16(27)21-13-8-4-5-9-15(13)26(29)30/h2-9,14H,10H2,1H3,(H,21,27)(H4,20,22,23,24,25,28). The van der Waals surface area contributed by atoms with Gasteiger partial charge in [-0.3, -0.25) is 25.0 Å². The third kappa shape index (κ3) is 4.95. The SMILES string of the molecule is Cc1ccccc1N/C(N)=N/C1=NC(CC(=O)Nc2ccccc2[N+](=O)[O-])C(=O)N1. The summed E-state index contributed by atoms with van der Waals surface area (Å²) in [6, 6.07) is 12.1. The third-order valence-electron chi connectivity index (χ3n) is 4.20. The average Bonchev–Trinajstić information content (AvgIpc) is 3.02. The minimum atomic E-state index is -1.02. The van der Waals surface area contributed by atoms with Gasteiger partial charge in [-0.05, 0) is 24.6 Å². The number of hydrogen-bond donors (Lipinski definition) is 4. The van der Waals surface area contributed by atoms with Crippen molar-refractivity contribution in [2.45, 2.75) is 19.4 Å². The number of aryl methyl sites for hydroxylation is 1. The Bertz CT molecular complexity index is 1060. The molecule has 1 unspecified atom stereocenters. The second-order valence-electron chi connectivity index (χ2n) is 6.42. The number of aliphatic imine (C=N–C) groups is 2. The molecular formula is C19H19N7O4. The van der Waals surface area contributed by atoms with E-state index in [-0.39, 0.29) is 29.7 Å². The van der Waals surface area contributed by atoms with Crippen LogP contribution in [0.3, 0.4) is 0 Å². The lowest BCUT2D eigenvalue weighted by Crippen LogP contribution is -2.32. The highest BCUT2D eigenvalue weighted by molar-refractivity contribution is 6.11. The summed E-state index contributed by atoms with van der Waals surface area (Å²) in [5.74, 6) is -1.12. The Morgan fingerprint density at radius 1 is 1.20 bits per heavy atom. The van der Waals surface area contributed by atoms with Crippen molar-refractivity contribution in [3.63, 3.8) is 0 Å². The van der Waals surface area contributed by atoms with E-state index in [1.54, 1.807) is 6.07 Å². The van der Waals surface area contributed by atoms with Gasteiger partial charge in [-0.25, -0.2) is 4.99 Å². The Labute approximate surface area is 171 Å².